The van der Waals surface area contributed by atoms with Crippen LogP contribution >= 0.6 is 23.1 Å². The third-order valence-corrected chi connectivity index (χ3v) is 5.65. The van der Waals surface area contributed by atoms with Gasteiger partial charge in [0.25, 0.3) is 0 Å². The van der Waals surface area contributed by atoms with Crippen molar-refractivity contribution in [2.24, 2.45) is 0 Å². The normalized spacial score (nSPS) is 13.0. The lowest BCUT2D eigenvalue weighted by Crippen LogP contribution is -1.92. The van der Waals surface area contributed by atoms with E-state index in [1.165, 1.54) is 16.8 Å². The summed E-state index contributed by atoms with van der Waals surface area (Å²) in [6.45, 7) is 2.09. The van der Waals surface area contributed by atoms with E-state index in [0.29, 0.717) is 0 Å². The number of hydrogen-bond acceptors (Lipinski definition) is 4. The van der Waals surface area contributed by atoms with Crippen LogP contribution in [0, 0.1) is 5.82 Å². The van der Waals surface area contributed by atoms with Crippen molar-refractivity contribution in [3.8, 4) is 0 Å². The van der Waals surface area contributed by atoms with Gasteiger partial charge in [-0.15, -0.1) is 10.2 Å². The first kappa shape index (κ1) is 13.7. The number of thioether (sulfide) groups is 1. The predicted molar refractivity (Wildman–Crippen MR) is 89.0 cm³/mol. The highest BCUT2D eigenvalue weighted by molar-refractivity contribution is 7.99. The molecule has 0 spiro atoms. The second kappa shape index (κ2) is 5.37. The van der Waals surface area contributed by atoms with Gasteiger partial charge in [0.2, 0.25) is 4.96 Å². The highest BCUT2D eigenvalue weighted by atomic mass is 32.2. The van der Waals surface area contributed by atoms with E-state index in [4.69, 9.17) is 0 Å². The van der Waals surface area contributed by atoms with Gasteiger partial charge in [0.1, 0.15) is 5.82 Å². The Bertz CT molecular complexity index is 943. The lowest BCUT2D eigenvalue weighted by molar-refractivity contribution is 0.627. The Morgan fingerprint density at radius 3 is 2.68 bits per heavy atom. The zero-order valence-corrected chi connectivity index (χ0v) is 13.4. The quantitative estimate of drug-likeness (QED) is 0.499. The number of thiazole rings is 1. The van der Waals surface area contributed by atoms with Gasteiger partial charge in [0.15, 0.2) is 5.16 Å². The fourth-order valence-corrected chi connectivity index (χ4v) is 4.40. The molecule has 2 aromatic carbocycles. The molecule has 6 heteroatoms. The van der Waals surface area contributed by atoms with Gasteiger partial charge in [-0.2, -0.15) is 0 Å². The van der Waals surface area contributed by atoms with Gasteiger partial charge in [-0.25, -0.2) is 4.39 Å². The molecule has 0 saturated carbocycles. The minimum atomic E-state index is -0.213. The van der Waals surface area contributed by atoms with E-state index in [1.807, 2.05) is 24.3 Å². The monoisotopic (exact) mass is 329 g/mol. The van der Waals surface area contributed by atoms with Crippen LogP contribution in [0.5, 0.6) is 0 Å². The summed E-state index contributed by atoms with van der Waals surface area (Å²) < 4.78 is 16.3. The number of rotatable bonds is 3. The Kier molecular flexibility index (Phi) is 3.35. The summed E-state index contributed by atoms with van der Waals surface area (Å²) in [6.07, 6.45) is 0. The number of halogens is 1. The number of fused-ring (bicyclic) bond motifs is 3. The van der Waals surface area contributed by atoms with E-state index >= 15 is 0 Å². The highest BCUT2D eigenvalue weighted by Gasteiger charge is 2.16. The SMILES string of the molecule is CC(Sc1nnc2sc3ccccc3n12)c1ccc(F)cc1. The molecule has 4 aromatic rings. The topological polar surface area (TPSA) is 30.2 Å². The second-order valence-electron chi connectivity index (χ2n) is 4.98. The van der Waals surface area contributed by atoms with Crippen molar-refractivity contribution >= 4 is 38.3 Å². The summed E-state index contributed by atoms with van der Waals surface area (Å²) >= 11 is 3.27. The first-order valence-electron chi connectivity index (χ1n) is 6.87. The molecule has 3 nitrogen and oxygen atoms in total. The molecule has 0 aliphatic carbocycles. The highest BCUT2D eigenvalue weighted by Crippen LogP contribution is 2.36. The van der Waals surface area contributed by atoms with Crippen molar-refractivity contribution in [1.82, 2.24) is 14.6 Å². The molecule has 1 unspecified atom stereocenters. The molecule has 2 heterocycles. The summed E-state index contributed by atoms with van der Waals surface area (Å²) in [5.41, 5.74) is 2.20. The largest absolute Gasteiger partial charge is 0.260 e. The molecule has 2 aromatic heterocycles. The predicted octanol–water partition coefficient (Wildman–Crippen LogP) is 4.94. The smallest absolute Gasteiger partial charge is 0.217 e. The first-order chi connectivity index (χ1) is 10.7. The molecule has 0 bridgehead atoms. The van der Waals surface area contributed by atoms with Crippen molar-refractivity contribution in [3.63, 3.8) is 0 Å². The molecular formula is C16H12FN3S2. The van der Waals surface area contributed by atoms with Crippen LogP contribution in [0.2, 0.25) is 0 Å². The summed E-state index contributed by atoms with van der Waals surface area (Å²) in [5.74, 6) is -0.213. The van der Waals surface area contributed by atoms with Crippen LogP contribution in [-0.2, 0) is 0 Å². The second-order valence-corrected chi connectivity index (χ2v) is 7.30. The van der Waals surface area contributed by atoms with Gasteiger partial charge in [-0.1, -0.05) is 47.4 Å². The maximum atomic E-state index is 13.0. The van der Waals surface area contributed by atoms with Gasteiger partial charge < -0.3 is 0 Å². The van der Waals surface area contributed by atoms with Gasteiger partial charge in [0.05, 0.1) is 10.2 Å². The van der Waals surface area contributed by atoms with Crippen LogP contribution in [0.1, 0.15) is 17.7 Å². The molecule has 1 atom stereocenters. The van der Waals surface area contributed by atoms with E-state index in [2.05, 4.69) is 33.7 Å². The molecule has 4 rings (SSSR count). The van der Waals surface area contributed by atoms with Crippen LogP contribution in [0.25, 0.3) is 15.2 Å². The van der Waals surface area contributed by atoms with Gasteiger partial charge in [0, 0.05) is 5.25 Å². The maximum absolute atomic E-state index is 13.0. The zero-order chi connectivity index (χ0) is 15.1. The molecule has 0 amide bonds. The summed E-state index contributed by atoms with van der Waals surface area (Å²) in [6, 6.07) is 14.8. The molecule has 0 aliphatic heterocycles. The number of aromatic nitrogens is 3. The third-order valence-electron chi connectivity index (χ3n) is 3.53. The number of nitrogens with zero attached hydrogens (tertiary/aromatic N) is 3. The Morgan fingerprint density at radius 1 is 1.09 bits per heavy atom. The molecule has 0 radical (unpaired) electrons. The van der Waals surface area contributed by atoms with Crippen molar-refractivity contribution in [1.29, 1.82) is 0 Å². The molecule has 0 saturated heterocycles. The van der Waals surface area contributed by atoms with Crippen LogP contribution in [0.4, 0.5) is 4.39 Å². The zero-order valence-electron chi connectivity index (χ0n) is 11.7. The van der Waals surface area contributed by atoms with E-state index in [-0.39, 0.29) is 11.1 Å². The number of hydrogen-bond donors (Lipinski definition) is 0. The van der Waals surface area contributed by atoms with Crippen LogP contribution in [-0.4, -0.2) is 14.6 Å². The Hall–Kier alpha value is -1.92. The minimum absolute atomic E-state index is 0.173. The molecule has 0 aliphatic rings. The average Bonchev–Trinajstić information content (AvgIpc) is 3.08. The fourth-order valence-electron chi connectivity index (χ4n) is 2.39. The van der Waals surface area contributed by atoms with Crippen molar-refractivity contribution < 1.29 is 4.39 Å². The van der Waals surface area contributed by atoms with E-state index < -0.39 is 0 Å². The molecule has 0 N–H and O–H groups in total. The van der Waals surface area contributed by atoms with Crippen LogP contribution < -0.4 is 0 Å². The van der Waals surface area contributed by atoms with Crippen molar-refractivity contribution in [2.45, 2.75) is 17.3 Å². The Morgan fingerprint density at radius 2 is 1.86 bits per heavy atom. The lowest BCUT2D eigenvalue weighted by atomic mass is 10.2. The maximum Gasteiger partial charge on any atom is 0.217 e. The van der Waals surface area contributed by atoms with Crippen molar-refractivity contribution in [3.05, 3.63) is 59.9 Å². The average molecular weight is 329 g/mol. The fraction of sp³-hybridized carbons (Fsp3) is 0.125. The van der Waals surface area contributed by atoms with Gasteiger partial charge >= 0.3 is 0 Å². The summed E-state index contributed by atoms with van der Waals surface area (Å²) in [5, 5.41) is 9.61. The molecular weight excluding hydrogens is 317 g/mol. The first-order valence-corrected chi connectivity index (χ1v) is 8.57. The van der Waals surface area contributed by atoms with Crippen LogP contribution in [0.15, 0.2) is 53.7 Å². The molecule has 110 valence electrons. The minimum Gasteiger partial charge on any atom is -0.260 e. The standard InChI is InChI=1S/C16H12FN3S2/c1-10(11-6-8-12(17)9-7-11)21-15-18-19-16-20(15)13-4-2-3-5-14(13)22-16/h2-10H,1H3. The number of benzene rings is 2. The Balaban J connectivity index is 1.73. The Labute approximate surface area is 134 Å². The van der Waals surface area contributed by atoms with Gasteiger partial charge in [-0.3, -0.25) is 4.40 Å². The van der Waals surface area contributed by atoms with Gasteiger partial charge in [-0.05, 0) is 36.8 Å². The van der Waals surface area contributed by atoms with E-state index in [1.54, 1.807) is 23.1 Å². The third kappa shape index (κ3) is 2.28. The van der Waals surface area contributed by atoms with Crippen molar-refractivity contribution in [2.75, 3.05) is 0 Å². The van der Waals surface area contributed by atoms with E-state index in [0.717, 1.165) is 21.2 Å². The van der Waals surface area contributed by atoms with E-state index in [9.17, 15) is 4.39 Å². The molecule has 0 fully saturated rings. The van der Waals surface area contributed by atoms with Crippen LogP contribution in [0.3, 0.4) is 0 Å². The molecule has 22 heavy (non-hydrogen) atoms. The summed E-state index contributed by atoms with van der Waals surface area (Å²) in [4.78, 5) is 0.898. The number of para-hydroxylation sites is 1. The lowest BCUT2D eigenvalue weighted by Gasteiger charge is -2.09. The summed E-state index contributed by atoms with van der Waals surface area (Å²) in [7, 11) is 0.